The Balaban J connectivity index is 2.49. The summed E-state index contributed by atoms with van der Waals surface area (Å²) in [5.74, 6) is 0.512. The first-order valence-electron chi connectivity index (χ1n) is 5.41. The van der Waals surface area contributed by atoms with Crippen LogP contribution in [0, 0.1) is 11.3 Å². The highest BCUT2D eigenvalue weighted by molar-refractivity contribution is 8.04. The van der Waals surface area contributed by atoms with Gasteiger partial charge in [0, 0.05) is 6.54 Å². The summed E-state index contributed by atoms with van der Waals surface area (Å²) < 4.78 is 0. The smallest absolute Gasteiger partial charge is 0.237 e. The summed E-state index contributed by atoms with van der Waals surface area (Å²) in [7, 11) is 0. The molecule has 4 heteroatoms. The zero-order valence-corrected chi connectivity index (χ0v) is 10.3. The van der Waals surface area contributed by atoms with Gasteiger partial charge in [-0.3, -0.25) is 4.79 Å². The van der Waals surface area contributed by atoms with E-state index in [-0.39, 0.29) is 5.91 Å². The Morgan fingerprint density at radius 1 is 1.47 bits per heavy atom. The van der Waals surface area contributed by atoms with Crippen molar-refractivity contribution in [2.45, 2.75) is 6.92 Å². The van der Waals surface area contributed by atoms with E-state index in [2.05, 4.69) is 6.07 Å². The van der Waals surface area contributed by atoms with Gasteiger partial charge in [-0.05, 0) is 12.5 Å². The molecule has 0 spiro atoms. The Kier molecular flexibility index (Phi) is 3.50. The topological polar surface area (TPSA) is 44.1 Å². The van der Waals surface area contributed by atoms with Gasteiger partial charge in [-0.1, -0.05) is 42.1 Å². The number of allylic oxidation sites excluding steroid dienone is 1. The van der Waals surface area contributed by atoms with Gasteiger partial charge in [0.25, 0.3) is 0 Å². The highest BCUT2D eigenvalue weighted by Crippen LogP contribution is 2.34. The van der Waals surface area contributed by atoms with Crippen LogP contribution in [0.25, 0.3) is 5.57 Å². The number of nitriles is 1. The van der Waals surface area contributed by atoms with Crippen molar-refractivity contribution in [3.63, 3.8) is 0 Å². The van der Waals surface area contributed by atoms with Crippen LogP contribution in [0.1, 0.15) is 12.5 Å². The van der Waals surface area contributed by atoms with Gasteiger partial charge in [0.15, 0.2) is 0 Å². The van der Waals surface area contributed by atoms with E-state index >= 15 is 0 Å². The van der Waals surface area contributed by atoms with Gasteiger partial charge in [-0.2, -0.15) is 5.26 Å². The van der Waals surface area contributed by atoms with E-state index < -0.39 is 0 Å². The van der Waals surface area contributed by atoms with Crippen LogP contribution in [0.2, 0.25) is 0 Å². The molecule has 0 bridgehead atoms. The Hall–Kier alpha value is -1.73. The lowest BCUT2D eigenvalue weighted by Crippen LogP contribution is -2.24. The van der Waals surface area contributed by atoms with Gasteiger partial charge < -0.3 is 4.90 Å². The summed E-state index contributed by atoms with van der Waals surface area (Å²) >= 11 is 1.44. The largest absolute Gasteiger partial charge is 0.305 e. The zero-order chi connectivity index (χ0) is 12.3. The number of carbonyl (C=O) groups is 1. The van der Waals surface area contributed by atoms with Gasteiger partial charge >= 0.3 is 0 Å². The Bertz CT molecular complexity index is 502. The van der Waals surface area contributed by atoms with Crippen LogP contribution in [-0.4, -0.2) is 23.1 Å². The first kappa shape index (κ1) is 11.7. The summed E-state index contributed by atoms with van der Waals surface area (Å²) in [5, 5.41) is 10.1. The molecule has 0 aliphatic carbocycles. The van der Waals surface area contributed by atoms with E-state index in [0.717, 1.165) is 10.6 Å². The molecule has 0 unspecified atom stereocenters. The zero-order valence-electron chi connectivity index (χ0n) is 9.51. The Morgan fingerprint density at radius 2 is 2.18 bits per heavy atom. The van der Waals surface area contributed by atoms with E-state index in [9.17, 15) is 10.1 Å². The lowest BCUT2D eigenvalue weighted by atomic mass is 10.1. The normalized spacial score (nSPS) is 18.1. The van der Waals surface area contributed by atoms with Crippen LogP contribution in [0.15, 0.2) is 35.4 Å². The summed E-state index contributed by atoms with van der Waals surface area (Å²) in [4.78, 5) is 13.3. The average molecular weight is 244 g/mol. The summed E-state index contributed by atoms with van der Waals surface area (Å²) in [6, 6.07) is 11.7. The fraction of sp³-hybridized carbons (Fsp3) is 0.231. The van der Waals surface area contributed by atoms with Crippen molar-refractivity contribution in [2.24, 2.45) is 0 Å². The molecule has 0 atom stereocenters. The van der Waals surface area contributed by atoms with Gasteiger partial charge in [-0.15, -0.1) is 0 Å². The maximum Gasteiger partial charge on any atom is 0.237 e. The fourth-order valence-corrected chi connectivity index (χ4v) is 2.88. The van der Waals surface area contributed by atoms with Crippen molar-refractivity contribution in [1.29, 1.82) is 5.26 Å². The van der Waals surface area contributed by atoms with E-state index in [1.807, 2.05) is 37.3 Å². The molecule has 2 rings (SSSR count). The van der Waals surface area contributed by atoms with E-state index in [4.69, 9.17) is 0 Å². The molecule has 1 heterocycles. The summed E-state index contributed by atoms with van der Waals surface area (Å²) in [6.45, 7) is 2.53. The lowest BCUT2D eigenvalue weighted by Gasteiger charge is -2.15. The second-order valence-electron chi connectivity index (χ2n) is 3.58. The standard InChI is InChI=1S/C13H12N2OS/c1-2-15-12(16)9-17-13(15)11(8-14)10-6-4-3-5-7-10/h3-7H,2,9H2,1H3. The predicted molar refractivity (Wildman–Crippen MR) is 68.8 cm³/mol. The van der Waals surface area contributed by atoms with Crippen molar-refractivity contribution in [2.75, 3.05) is 12.3 Å². The molecule has 1 aliphatic heterocycles. The van der Waals surface area contributed by atoms with Crippen LogP contribution in [0.3, 0.4) is 0 Å². The molecule has 0 N–H and O–H groups in total. The molecular weight excluding hydrogens is 232 g/mol. The molecule has 86 valence electrons. The minimum atomic E-state index is 0.0798. The third-order valence-corrected chi connectivity index (χ3v) is 3.67. The molecule has 0 saturated carbocycles. The van der Waals surface area contributed by atoms with E-state index in [1.165, 1.54) is 11.8 Å². The number of hydrogen-bond donors (Lipinski definition) is 0. The van der Waals surface area contributed by atoms with Gasteiger partial charge in [-0.25, -0.2) is 0 Å². The number of thioether (sulfide) groups is 1. The van der Waals surface area contributed by atoms with Crippen LogP contribution >= 0.6 is 11.8 Å². The Labute approximate surface area is 105 Å². The molecule has 3 nitrogen and oxygen atoms in total. The van der Waals surface area contributed by atoms with Crippen molar-refractivity contribution < 1.29 is 4.79 Å². The first-order chi connectivity index (χ1) is 8.27. The number of amides is 1. The molecule has 17 heavy (non-hydrogen) atoms. The Morgan fingerprint density at radius 3 is 2.76 bits per heavy atom. The number of rotatable bonds is 2. The van der Waals surface area contributed by atoms with E-state index in [0.29, 0.717) is 17.9 Å². The van der Waals surface area contributed by atoms with Crippen molar-refractivity contribution in [3.8, 4) is 6.07 Å². The summed E-state index contributed by atoms with van der Waals surface area (Å²) in [6.07, 6.45) is 0. The number of benzene rings is 1. The molecular formula is C13H12N2OS. The summed E-state index contributed by atoms with van der Waals surface area (Å²) in [5.41, 5.74) is 1.45. The average Bonchev–Trinajstić information content (AvgIpc) is 2.73. The van der Waals surface area contributed by atoms with Crippen LogP contribution in [-0.2, 0) is 4.79 Å². The lowest BCUT2D eigenvalue weighted by molar-refractivity contribution is -0.125. The highest BCUT2D eigenvalue weighted by atomic mass is 32.2. The third-order valence-electron chi connectivity index (χ3n) is 2.58. The van der Waals surface area contributed by atoms with Gasteiger partial charge in [0.2, 0.25) is 5.91 Å². The second kappa shape index (κ2) is 5.07. The molecule has 0 radical (unpaired) electrons. The van der Waals surface area contributed by atoms with Crippen LogP contribution < -0.4 is 0 Å². The maximum atomic E-state index is 11.6. The molecule has 1 amide bonds. The third kappa shape index (κ3) is 2.20. The molecule has 1 aromatic carbocycles. The van der Waals surface area contributed by atoms with E-state index in [1.54, 1.807) is 4.90 Å². The quantitative estimate of drug-likeness (QED) is 0.751. The van der Waals surface area contributed by atoms with Crippen molar-refractivity contribution >= 4 is 23.2 Å². The molecule has 1 aliphatic rings. The maximum absolute atomic E-state index is 11.6. The number of hydrogen-bond acceptors (Lipinski definition) is 3. The monoisotopic (exact) mass is 244 g/mol. The number of carbonyl (C=O) groups excluding carboxylic acids is 1. The second-order valence-corrected chi connectivity index (χ2v) is 4.55. The fourth-order valence-electron chi connectivity index (χ4n) is 1.77. The molecule has 1 aromatic rings. The predicted octanol–water partition coefficient (Wildman–Crippen LogP) is 2.47. The minimum absolute atomic E-state index is 0.0798. The van der Waals surface area contributed by atoms with Crippen LogP contribution in [0.5, 0.6) is 0 Å². The van der Waals surface area contributed by atoms with Crippen LogP contribution in [0.4, 0.5) is 0 Å². The highest BCUT2D eigenvalue weighted by Gasteiger charge is 2.28. The first-order valence-corrected chi connectivity index (χ1v) is 6.39. The van der Waals surface area contributed by atoms with Gasteiger partial charge in [0.05, 0.1) is 16.4 Å². The SMILES string of the molecule is CCN1C(=O)CSC1=C(C#N)c1ccccc1. The van der Waals surface area contributed by atoms with Crippen molar-refractivity contribution in [1.82, 2.24) is 4.90 Å². The number of nitrogens with zero attached hydrogens (tertiary/aromatic N) is 2. The molecule has 1 fully saturated rings. The minimum Gasteiger partial charge on any atom is -0.305 e. The molecule has 1 saturated heterocycles. The van der Waals surface area contributed by atoms with Gasteiger partial charge in [0.1, 0.15) is 6.07 Å². The molecule has 0 aromatic heterocycles. The van der Waals surface area contributed by atoms with Crippen molar-refractivity contribution in [3.05, 3.63) is 40.9 Å².